The Balaban J connectivity index is 1.40. The smallest absolute Gasteiger partial charge is 0.410 e. The third kappa shape index (κ3) is 4.08. The number of oxazole rings is 1. The SMILES string of the molecule is CC(C)(C)OC(=O)N1CCC(c2cnc(-c3ccc4c(c3)OCCO4)o2)CC1. The lowest BCUT2D eigenvalue weighted by Crippen LogP contribution is -2.41. The molecular formula is C21H26N2O5. The van der Waals surface area contributed by atoms with Crippen molar-refractivity contribution in [1.82, 2.24) is 9.88 Å². The van der Waals surface area contributed by atoms with Crippen molar-refractivity contribution in [2.24, 2.45) is 0 Å². The van der Waals surface area contributed by atoms with Crippen LogP contribution in [-0.2, 0) is 4.74 Å². The van der Waals surface area contributed by atoms with E-state index in [9.17, 15) is 4.79 Å². The lowest BCUT2D eigenvalue weighted by molar-refractivity contribution is 0.0200. The third-order valence-corrected chi connectivity index (χ3v) is 4.86. The zero-order chi connectivity index (χ0) is 19.7. The number of rotatable bonds is 2. The van der Waals surface area contributed by atoms with Crippen LogP contribution < -0.4 is 9.47 Å². The van der Waals surface area contributed by atoms with Crippen LogP contribution in [0.2, 0.25) is 0 Å². The van der Waals surface area contributed by atoms with Crippen LogP contribution >= 0.6 is 0 Å². The predicted octanol–water partition coefficient (Wildman–Crippen LogP) is 4.23. The number of fused-ring (bicyclic) bond motifs is 1. The summed E-state index contributed by atoms with van der Waals surface area (Å²) in [5, 5.41) is 0. The fourth-order valence-electron chi connectivity index (χ4n) is 3.46. The molecule has 0 bridgehead atoms. The van der Waals surface area contributed by atoms with Gasteiger partial charge in [0, 0.05) is 24.6 Å². The van der Waals surface area contributed by atoms with Crippen LogP contribution in [0.25, 0.3) is 11.5 Å². The first kappa shape index (κ1) is 18.7. The summed E-state index contributed by atoms with van der Waals surface area (Å²) in [4.78, 5) is 18.4. The van der Waals surface area contributed by atoms with Gasteiger partial charge in [-0.3, -0.25) is 0 Å². The van der Waals surface area contributed by atoms with E-state index < -0.39 is 5.60 Å². The molecule has 28 heavy (non-hydrogen) atoms. The van der Waals surface area contributed by atoms with Crippen LogP contribution in [0, 0.1) is 0 Å². The molecule has 0 unspecified atom stereocenters. The Morgan fingerprint density at radius 3 is 2.57 bits per heavy atom. The highest BCUT2D eigenvalue weighted by atomic mass is 16.6. The third-order valence-electron chi connectivity index (χ3n) is 4.86. The summed E-state index contributed by atoms with van der Waals surface area (Å²) >= 11 is 0. The number of amides is 1. The minimum Gasteiger partial charge on any atom is -0.486 e. The number of aromatic nitrogens is 1. The number of likely N-dealkylation sites (tertiary alicyclic amines) is 1. The molecule has 1 amide bonds. The van der Waals surface area contributed by atoms with Crippen molar-refractivity contribution < 1.29 is 23.4 Å². The number of hydrogen-bond acceptors (Lipinski definition) is 6. The van der Waals surface area contributed by atoms with Crippen molar-refractivity contribution in [2.75, 3.05) is 26.3 Å². The van der Waals surface area contributed by atoms with Gasteiger partial charge in [0.05, 0.1) is 6.20 Å². The van der Waals surface area contributed by atoms with Crippen molar-refractivity contribution >= 4 is 6.09 Å². The molecule has 1 aromatic heterocycles. The maximum atomic E-state index is 12.2. The van der Waals surface area contributed by atoms with Gasteiger partial charge in [0.2, 0.25) is 5.89 Å². The Morgan fingerprint density at radius 2 is 1.86 bits per heavy atom. The Labute approximate surface area is 164 Å². The Morgan fingerprint density at radius 1 is 1.14 bits per heavy atom. The Kier molecular flexibility index (Phi) is 4.91. The average Bonchev–Trinajstić information content (AvgIpc) is 3.16. The lowest BCUT2D eigenvalue weighted by atomic mass is 9.95. The standard InChI is InChI=1S/C21H26N2O5/c1-21(2,3)28-20(24)23-8-6-14(7-9-23)18-13-22-19(27-18)15-4-5-16-17(12-15)26-11-10-25-16/h4-5,12-14H,6-11H2,1-3H3. The van der Waals surface area contributed by atoms with Gasteiger partial charge in [-0.05, 0) is 51.8 Å². The largest absolute Gasteiger partial charge is 0.486 e. The summed E-state index contributed by atoms with van der Waals surface area (Å²) in [6.45, 7) is 8.06. The van der Waals surface area contributed by atoms with Gasteiger partial charge in [-0.15, -0.1) is 0 Å². The molecule has 0 spiro atoms. The van der Waals surface area contributed by atoms with Crippen molar-refractivity contribution in [1.29, 1.82) is 0 Å². The van der Waals surface area contributed by atoms with Gasteiger partial charge in [0.15, 0.2) is 11.5 Å². The quantitative estimate of drug-likeness (QED) is 0.769. The van der Waals surface area contributed by atoms with E-state index in [1.54, 1.807) is 11.1 Å². The van der Waals surface area contributed by atoms with Crippen molar-refractivity contribution in [3.8, 4) is 23.0 Å². The van der Waals surface area contributed by atoms with Crippen molar-refractivity contribution in [3.05, 3.63) is 30.2 Å². The van der Waals surface area contributed by atoms with Crippen LogP contribution in [0.4, 0.5) is 4.79 Å². The fourth-order valence-corrected chi connectivity index (χ4v) is 3.46. The molecule has 0 saturated carbocycles. The highest BCUT2D eigenvalue weighted by Crippen LogP contribution is 2.36. The molecule has 0 radical (unpaired) electrons. The normalized spacial score (nSPS) is 17.5. The second kappa shape index (κ2) is 7.37. The number of nitrogens with zero attached hydrogens (tertiary/aromatic N) is 2. The summed E-state index contributed by atoms with van der Waals surface area (Å²) in [7, 11) is 0. The van der Waals surface area contributed by atoms with Gasteiger partial charge in [-0.1, -0.05) is 0 Å². The first-order valence-corrected chi connectivity index (χ1v) is 9.73. The molecule has 1 fully saturated rings. The maximum Gasteiger partial charge on any atom is 0.410 e. The molecule has 2 aliphatic rings. The van der Waals surface area contributed by atoms with Crippen LogP contribution in [0.1, 0.15) is 45.3 Å². The zero-order valence-corrected chi connectivity index (χ0v) is 16.6. The van der Waals surface area contributed by atoms with Gasteiger partial charge >= 0.3 is 6.09 Å². The zero-order valence-electron chi connectivity index (χ0n) is 16.6. The van der Waals surface area contributed by atoms with E-state index in [4.69, 9.17) is 18.6 Å². The van der Waals surface area contributed by atoms with E-state index in [0.29, 0.717) is 37.9 Å². The summed E-state index contributed by atoms with van der Waals surface area (Å²) in [5.74, 6) is 3.14. The number of benzene rings is 1. The minimum atomic E-state index is -0.475. The van der Waals surface area contributed by atoms with Crippen LogP contribution in [0.3, 0.4) is 0 Å². The highest BCUT2D eigenvalue weighted by molar-refractivity contribution is 5.68. The van der Waals surface area contributed by atoms with E-state index in [-0.39, 0.29) is 12.0 Å². The minimum absolute atomic E-state index is 0.247. The summed E-state index contributed by atoms with van der Waals surface area (Å²) in [5.41, 5.74) is 0.388. The summed E-state index contributed by atoms with van der Waals surface area (Å²) in [6.07, 6.45) is 3.20. The predicted molar refractivity (Wildman–Crippen MR) is 103 cm³/mol. The van der Waals surface area contributed by atoms with E-state index in [1.807, 2.05) is 39.0 Å². The molecule has 2 aromatic rings. The van der Waals surface area contributed by atoms with Gasteiger partial charge in [0.25, 0.3) is 0 Å². The second-order valence-electron chi connectivity index (χ2n) is 8.17. The van der Waals surface area contributed by atoms with E-state index in [0.717, 1.165) is 29.9 Å². The topological polar surface area (TPSA) is 74.0 Å². The molecule has 4 rings (SSSR count). The van der Waals surface area contributed by atoms with Crippen molar-refractivity contribution in [3.63, 3.8) is 0 Å². The first-order valence-electron chi connectivity index (χ1n) is 9.73. The summed E-state index contributed by atoms with van der Waals surface area (Å²) in [6, 6.07) is 5.70. The maximum absolute atomic E-state index is 12.2. The van der Waals surface area contributed by atoms with Crippen molar-refractivity contribution in [2.45, 2.75) is 45.1 Å². The van der Waals surface area contributed by atoms with Crippen LogP contribution in [0.15, 0.2) is 28.8 Å². The molecule has 0 N–H and O–H groups in total. The molecule has 7 nitrogen and oxygen atoms in total. The van der Waals surface area contributed by atoms with Crippen LogP contribution in [-0.4, -0.2) is 47.9 Å². The number of ether oxygens (including phenoxy) is 3. The van der Waals surface area contributed by atoms with Crippen LogP contribution in [0.5, 0.6) is 11.5 Å². The molecule has 1 saturated heterocycles. The molecule has 0 aliphatic carbocycles. The second-order valence-corrected chi connectivity index (χ2v) is 8.17. The highest BCUT2D eigenvalue weighted by Gasteiger charge is 2.29. The van der Waals surface area contributed by atoms with E-state index >= 15 is 0 Å². The van der Waals surface area contributed by atoms with E-state index in [2.05, 4.69) is 4.98 Å². The first-order chi connectivity index (χ1) is 13.4. The number of piperidine rings is 1. The summed E-state index contributed by atoms with van der Waals surface area (Å²) < 4.78 is 22.7. The Hall–Kier alpha value is -2.70. The molecule has 150 valence electrons. The molecule has 1 aromatic carbocycles. The monoisotopic (exact) mass is 386 g/mol. The number of carbonyl (C=O) groups is 1. The fraction of sp³-hybridized carbons (Fsp3) is 0.524. The molecule has 7 heteroatoms. The molecular weight excluding hydrogens is 360 g/mol. The van der Waals surface area contributed by atoms with Gasteiger partial charge in [0.1, 0.15) is 24.6 Å². The molecule has 2 aliphatic heterocycles. The molecule has 3 heterocycles. The van der Waals surface area contributed by atoms with Gasteiger partial charge in [-0.2, -0.15) is 0 Å². The Bertz CT molecular complexity index is 847. The average molecular weight is 386 g/mol. The number of carbonyl (C=O) groups excluding carboxylic acids is 1. The lowest BCUT2D eigenvalue weighted by Gasteiger charge is -2.32. The van der Waals surface area contributed by atoms with Gasteiger partial charge < -0.3 is 23.5 Å². The van der Waals surface area contributed by atoms with E-state index in [1.165, 1.54) is 0 Å². The molecule has 0 atom stereocenters. The number of hydrogen-bond donors (Lipinski definition) is 0. The van der Waals surface area contributed by atoms with Gasteiger partial charge in [-0.25, -0.2) is 9.78 Å².